The van der Waals surface area contributed by atoms with E-state index in [2.05, 4.69) is 168 Å². The van der Waals surface area contributed by atoms with Crippen LogP contribution < -0.4 is 35.2 Å². The van der Waals surface area contributed by atoms with Crippen molar-refractivity contribution in [2.75, 3.05) is 0 Å². The van der Waals surface area contributed by atoms with E-state index in [1.165, 1.54) is 91.8 Å². The van der Waals surface area contributed by atoms with Gasteiger partial charge in [0.1, 0.15) is 0 Å². The first-order chi connectivity index (χ1) is 23.7. The molecule has 0 radical (unpaired) electrons. The van der Waals surface area contributed by atoms with Crippen LogP contribution in [0.25, 0.3) is 43.8 Å². The first-order valence-electron chi connectivity index (χ1n) is 18.9. The Morgan fingerprint density at radius 2 is 1.04 bits per heavy atom. The Morgan fingerprint density at radius 1 is 0.615 bits per heavy atom. The normalized spacial score (nSPS) is 13.3. The number of rotatable bonds is 6. The van der Waals surface area contributed by atoms with Gasteiger partial charge in [-0.05, 0) is 36.3 Å². The first-order valence-corrected chi connectivity index (χ1v) is 32.0. The molecule has 0 spiro atoms. The number of hydrogen-bond acceptors (Lipinski definition) is 0. The maximum atomic E-state index is 2.48. The van der Waals surface area contributed by atoms with E-state index in [0.717, 1.165) is 12.3 Å². The number of hydrogen-bond donors (Lipinski definition) is 0. The smallest absolute Gasteiger partial charge is 1.00 e. The van der Waals surface area contributed by atoms with Gasteiger partial charge in [0.25, 0.3) is 0 Å². The zero-order chi connectivity index (χ0) is 36.1. The van der Waals surface area contributed by atoms with Crippen LogP contribution in [0.3, 0.4) is 0 Å². The largest absolute Gasteiger partial charge is 1.00 e. The summed E-state index contributed by atoms with van der Waals surface area (Å²) in [4.78, 5) is 0. The average molecular weight is 857 g/mol. The van der Waals surface area contributed by atoms with Gasteiger partial charge in [-0.3, -0.25) is 0 Å². The second-order valence-corrected chi connectivity index (χ2v) is 36.1. The molecule has 0 nitrogen and oxygen atoms in total. The summed E-state index contributed by atoms with van der Waals surface area (Å²) in [5.41, 5.74) is 8.64. The summed E-state index contributed by atoms with van der Waals surface area (Å²) >= 11 is 1.74. The van der Waals surface area contributed by atoms with Crippen LogP contribution in [0.5, 0.6) is 0 Å². The summed E-state index contributed by atoms with van der Waals surface area (Å²) in [6.07, 6.45) is 8.07. The minimum Gasteiger partial charge on any atom is -1.00 e. The molecule has 0 bridgehead atoms. The van der Waals surface area contributed by atoms with E-state index in [-0.39, 0.29) is 30.2 Å². The molecule has 0 unspecified atom stereocenters. The predicted molar refractivity (Wildman–Crippen MR) is 229 cm³/mol. The molecule has 0 amide bonds. The van der Waals surface area contributed by atoms with E-state index in [0.29, 0.717) is 0 Å². The zero-order valence-electron chi connectivity index (χ0n) is 33.0. The molecule has 1 aliphatic rings. The van der Waals surface area contributed by atoms with E-state index in [1.54, 1.807) is 28.9 Å². The molecule has 7 rings (SSSR count). The van der Waals surface area contributed by atoms with Gasteiger partial charge < -0.3 is 24.8 Å². The van der Waals surface area contributed by atoms with Crippen molar-refractivity contribution in [3.8, 4) is 22.3 Å². The van der Waals surface area contributed by atoms with E-state index in [4.69, 9.17) is 0 Å². The van der Waals surface area contributed by atoms with Gasteiger partial charge in [-0.1, -0.05) is 148 Å². The third-order valence-corrected chi connectivity index (χ3v) is 14.3. The summed E-state index contributed by atoms with van der Waals surface area (Å²) in [6.45, 7) is 21.3. The monoisotopic (exact) mass is 854 g/mol. The van der Waals surface area contributed by atoms with Gasteiger partial charge in [0, 0.05) is 0 Å². The van der Waals surface area contributed by atoms with Crippen LogP contribution in [-0.2, 0) is 29.8 Å². The molecule has 0 aliphatic heterocycles. The third-order valence-electron chi connectivity index (χ3n) is 10.2. The zero-order valence-corrected chi connectivity index (χ0v) is 39.9. The molecular formula is C46H58Cl2Si3Zr-2. The Morgan fingerprint density at radius 3 is 1.46 bits per heavy atom. The van der Waals surface area contributed by atoms with Gasteiger partial charge in [0.2, 0.25) is 0 Å². The van der Waals surface area contributed by atoms with Crippen LogP contribution in [0.15, 0.2) is 109 Å². The number of fused-ring (bicyclic) bond motifs is 2. The second-order valence-electron chi connectivity index (χ2n) is 16.6. The van der Waals surface area contributed by atoms with Crippen molar-refractivity contribution < 1.29 is 48.1 Å². The van der Waals surface area contributed by atoms with E-state index < -0.39 is 16.1 Å². The first kappa shape index (κ1) is 44.6. The number of halogens is 2. The van der Waals surface area contributed by atoms with Crippen LogP contribution in [0.2, 0.25) is 52.4 Å². The van der Waals surface area contributed by atoms with Crippen molar-refractivity contribution in [2.45, 2.75) is 104 Å². The van der Waals surface area contributed by atoms with Gasteiger partial charge >= 0.3 is 41.9 Å². The molecule has 0 saturated heterocycles. The third kappa shape index (κ3) is 11.6. The fraction of sp³-hybridized carbons (Fsp3) is 0.348. The molecule has 274 valence electrons. The van der Waals surface area contributed by atoms with Crippen LogP contribution in [0, 0.1) is 0 Å². The Hall–Kier alpha value is -1.79. The maximum absolute atomic E-state index is 2.48. The standard InChI is InChI=1S/C24H29Si.C20H23Si.C2H6Si.2ClH.Zr/c1-25(2,3)22-14-12-19(13-15-22)23-11-7-10-20-16-21(17-24(20)23)18-8-5-4-6-9-18;1-5-15-13-17-7-6-8-19(20(17)14-15)16-9-11-18(12-10-16)21(2,3)4;1-3-2;;;/h7,10-18H,4-6,8-9H2,1-3H3;6-14H,5H2,1-4H3;1-2H3;2*1H;/q2*-1;;;;+2/p-2. The minimum atomic E-state index is -1.23. The van der Waals surface area contributed by atoms with Crippen LogP contribution in [0.4, 0.5) is 0 Å². The maximum Gasteiger partial charge on any atom is -1.00 e. The Kier molecular flexibility index (Phi) is 16.9. The summed E-state index contributed by atoms with van der Waals surface area (Å²) in [5, 5.41) is 8.65. The van der Waals surface area contributed by atoms with Gasteiger partial charge in [-0.25, -0.2) is 0 Å². The molecule has 1 fully saturated rings. The van der Waals surface area contributed by atoms with E-state index >= 15 is 0 Å². The summed E-state index contributed by atoms with van der Waals surface area (Å²) < 4.78 is 0. The second kappa shape index (κ2) is 19.7. The van der Waals surface area contributed by atoms with Gasteiger partial charge in [-0.2, -0.15) is 12.1 Å². The molecule has 6 aromatic rings. The molecule has 0 atom stereocenters. The SMILES string of the molecule is CCc1cc2c(-c3ccc([Si](C)(C)C)cc3)cccc2[cH-]1.C[Si](C)(C)c1ccc(-c2cccc3[cH-]c(C4CCCCC4)cc23)cc1.C[Si](C)=[Zr+2].[Cl-].[Cl-]. The molecular weight excluding hydrogens is 799 g/mol. The molecule has 0 N–H and O–H groups in total. The van der Waals surface area contributed by atoms with E-state index in [9.17, 15) is 0 Å². The van der Waals surface area contributed by atoms with Crippen molar-refractivity contribution in [3.05, 3.63) is 120 Å². The fourth-order valence-corrected chi connectivity index (χ4v) is 9.57. The molecule has 1 aliphatic carbocycles. The molecule has 0 aromatic heterocycles. The van der Waals surface area contributed by atoms with Gasteiger partial charge in [0.15, 0.2) is 0 Å². The van der Waals surface area contributed by atoms with Crippen molar-refractivity contribution in [2.24, 2.45) is 0 Å². The molecule has 6 aromatic carbocycles. The topological polar surface area (TPSA) is 0 Å². The Labute approximate surface area is 345 Å². The summed E-state index contributed by atoms with van der Waals surface area (Å²) in [7, 11) is -2.44. The van der Waals surface area contributed by atoms with Gasteiger partial charge in [-0.15, -0.1) is 69.1 Å². The molecule has 1 saturated carbocycles. The molecule has 52 heavy (non-hydrogen) atoms. The minimum absolute atomic E-state index is 0. The Bertz CT molecular complexity index is 2010. The van der Waals surface area contributed by atoms with Crippen LogP contribution in [-0.4, -0.2) is 21.6 Å². The average Bonchev–Trinajstić information content (AvgIpc) is 3.73. The fourth-order valence-electron chi connectivity index (χ4n) is 7.23. The van der Waals surface area contributed by atoms with Crippen molar-refractivity contribution in [3.63, 3.8) is 0 Å². The molecule has 0 heterocycles. The van der Waals surface area contributed by atoms with Crippen molar-refractivity contribution >= 4 is 53.5 Å². The molecule has 6 heteroatoms. The summed E-state index contributed by atoms with van der Waals surface area (Å²) in [5.74, 6) is 0.781. The quantitative estimate of drug-likeness (QED) is 0.126. The van der Waals surface area contributed by atoms with Crippen molar-refractivity contribution in [1.82, 2.24) is 0 Å². The van der Waals surface area contributed by atoms with Crippen molar-refractivity contribution in [1.29, 1.82) is 0 Å². The predicted octanol–water partition coefficient (Wildman–Crippen LogP) is 6.94. The van der Waals surface area contributed by atoms with E-state index in [1.807, 2.05) is 0 Å². The van der Waals surface area contributed by atoms with Crippen LogP contribution >= 0.6 is 0 Å². The Balaban J connectivity index is 0.000000249. The number of benzene rings is 4. The summed E-state index contributed by atoms with van der Waals surface area (Å²) in [6, 6.07) is 41.6. The number of aryl methyl sites for hydroxylation is 1. The van der Waals surface area contributed by atoms with Crippen LogP contribution in [0.1, 0.15) is 56.1 Å². The van der Waals surface area contributed by atoms with Gasteiger partial charge in [0.05, 0.1) is 16.1 Å².